The summed E-state index contributed by atoms with van der Waals surface area (Å²) in [5.74, 6) is -0.356. The minimum Gasteiger partial charge on any atom is -0.465 e. The minimum atomic E-state index is -0.976. The average Bonchev–Trinajstić information content (AvgIpc) is 2.52. The van der Waals surface area contributed by atoms with E-state index in [0.717, 1.165) is 32.1 Å². The SMILES string of the molecule is COCC[C@@H](c1ccccc1F)N(C(=O)O)C1CCCCC1. The first-order chi connectivity index (χ1) is 10.6. The Morgan fingerprint density at radius 3 is 2.64 bits per heavy atom. The summed E-state index contributed by atoms with van der Waals surface area (Å²) in [6.07, 6.45) is 4.39. The summed E-state index contributed by atoms with van der Waals surface area (Å²) in [5.41, 5.74) is 0.438. The topological polar surface area (TPSA) is 49.8 Å². The molecule has 2 rings (SSSR count). The van der Waals surface area contributed by atoms with Gasteiger partial charge < -0.3 is 9.84 Å². The number of rotatable bonds is 6. The van der Waals surface area contributed by atoms with Gasteiger partial charge in [0.15, 0.2) is 0 Å². The van der Waals surface area contributed by atoms with Crippen LogP contribution >= 0.6 is 0 Å². The van der Waals surface area contributed by atoms with Gasteiger partial charge in [0.1, 0.15) is 5.82 Å². The molecule has 122 valence electrons. The van der Waals surface area contributed by atoms with Gasteiger partial charge in [-0.15, -0.1) is 0 Å². The van der Waals surface area contributed by atoms with Crippen LogP contribution in [-0.2, 0) is 4.74 Å². The zero-order valence-electron chi connectivity index (χ0n) is 13.0. The Balaban J connectivity index is 2.31. The van der Waals surface area contributed by atoms with Gasteiger partial charge in [0.25, 0.3) is 0 Å². The predicted molar refractivity (Wildman–Crippen MR) is 82.4 cm³/mol. The fraction of sp³-hybridized carbons (Fsp3) is 0.588. The number of carboxylic acid groups (broad SMARTS) is 1. The van der Waals surface area contributed by atoms with Gasteiger partial charge in [-0.2, -0.15) is 0 Å². The molecule has 1 atom stereocenters. The van der Waals surface area contributed by atoms with Crippen LogP contribution in [0.5, 0.6) is 0 Å². The summed E-state index contributed by atoms with van der Waals surface area (Å²) < 4.78 is 19.3. The van der Waals surface area contributed by atoms with Crippen molar-refractivity contribution in [1.29, 1.82) is 0 Å². The number of amides is 1. The first-order valence-electron chi connectivity index (χ1n) is 7.89. The fourth-order valence-corrected chi connectivity index (χ4v) is 3.32. The van der Waals surface area contributed by atoms with Crippen molar-refractivity contribution in [2.75, 3.05) is 13.7 Å². The summed E-state index contributed by atoms with van der Waals surface area (Å²) in [7, 11) is 1.57. The molecule has 1 fully saturated rings. The van der Waals surface area contributed by atoms with E-state index >= 15 is 0 Å². The van der Waals surface area contributed by atoms with Gasteiger partial charge in [-0.25, -0.2) is 9.18 Å². The Kier molecular flexibility index (Phi) is 6.19. The van der Waals surface area contributed by atoms with Crippen LogP contribution in [0.25, 0.3) is 0 Å². The third kappa shape index (κ3) is 3.97. The first kappa shape index (κ1) is 16.7. The number of benzene rings is 1. The molecule has 0 spiro atoms. The Bertz CT molecular complexity index is 489. The molecular weight excluding hydrogens is 285 g/mol. The van der Waals surface area contributed by atoms with Crippen molar-refractivity contribution >= 4 is 6.09 Å². The van der Waals surface area contributed by atoms with E-state index < -0.39 is 12.1 Å². The maximum Gasteiger partial charge on any atom is 0.408 e. The number of hydrogen-bond acceptors (Lipinski definition) is 2. The summed E-state index contributed by atoms with van der Waals surface area (Å²) in [6.45, 7) is 0.398. The van der Waals surface area contributed by atoms with Crippen LogP contribution in [0.1, 0.15) is 50.1 Å². The smallest absolute Gasteiger partial charge is 0.408 e. The summed E-state index contributed by atoms with van der Waals surface area (Å²) >= 11 is 0. The lowest BCUT2D eigenvalue weighted by Crippen LogP contribution is -2.43. The third-order valence-corrected chi connectivity index (χ3v) is 4.38. The van der Waals surface area contributed by atoms with Crippen molar-refractivity contribution in [1.82, 2.24) is 4.90 Å². The summed E-state index contributed by atoms with van der Waals surface area (Å²) in [6, 6.07) is 5.90. The number of methoxy groups -OCH3 is 1. The molecule has 0 bridgehead atoms. The normalized spacial score (nSPS) is 17.2. The number of nitrogens with zero attached hydrogens (tertiary/aromatic N) is 1. The van der Waals surface area contributed by atoms with Crippen molar-refractivity contribution in [2.24, 2.45) is 0 Å². The van der Waals surface area contributed by atoms with E-state index in [0.29, 0.717) is 18.6 Å². The second-order valence-electron chi connectivity index (χ2n) is 5.80. The Hall–Kier alpha value is -1.62. The molecule has 22 heavy (non-hydrogen) atoms. The van der Waals surface area contributed by atoms with E-state index in [1.54, 1.807) is 25.3 Å². The van der Waals surface area contributed by atoms with Crippen molar-refractivity contribution in [3.63, 3.8) is 0 Å². The predicted octanol–water partition coefficient (Wildman–Crippen LogP) is 4.22. The number of halogens is 1. The Labute approximate surface area is 130 Å². The van der Waals surface area contributed by atoms with Crippen LogP contribution in [0, 0.1) is 5.82 Å². The number of ether oxygens (including phenoxy) is 1. The molecule has 0 unspecified atom stereocenters. The molecule has 0 saturated heterocycles. The highest BCUT2D eigenvalue weighted by molar-refractivity contribution is 5.66. The number of hydrogen-bond donors (Lipinski definition) is 1. The molecule has 1 N–H and O–H groups in total. The minimum absolute atomic E-state index is 0.0345. The second-order valence-corrected chi connectivity index (χ2v) is 5.80. The van der Waals surface area contributed by atoms with Crippen molar-refractivity contribution in [3.05, 3.63) is 35.6 Å². The molecule has 1 aromatic rings. The van der Waals surface area contributed by atoms with E-state index in [4.69, 9.17) is 4.74 Å². The molecule has 4 nitrogen and oxygen atoms in total. The number of carbonyl (C=O) groups is 1. The molecule has 1 aromatic carbocycles. The van der Waals surface area contributed by atoms with Crippen LogP contribution in [0.3, 0.4) is 0 Å². The quantitative estimate of drug-likeness (QED) is 0.856. The second kappa shape index (κ2) is 8.13. The molecule has 0 aliphatic heterocycles. The summed E-state index contributed by atoms with van der Waals surface area (Å²) in [4.78, 5) is 13.3. The highest BCUT2D eigenvalue weighted by Gasteiger charge is 2.33. The molecular formula is C17H24FNO3. The van der Waals surface area contributed by atoms with E-state index in [1.807, 2.05) is 0 Å². The molecule has 5 heteroatoms. The lowest BCUT2D eigenvalue weighted by Gasteiger charge is -2.38. The van der Waals surface area contributed by atoms with Crippen LogP contribution in [0.15, 0.2) is 24.3 Å². The highest BCUT2D eigenvalue weighted by Crippen LogP contribution is 2.33. The third-order valence-electron chi connectivity index (χ3n) is 4.38. The molecule has 0 heterocycles. The van der Waals surface area contributed by atoms with Crippen LogP contribution in [-0.4, -0.2) is 35.9 Å². The van der Waals surface area contributed by atoms with Crippen LogP contribution in [0.2, 0.25) is 0 Å². The van der Waals surface area contributed by atoms with E-state index in [2.05, 4.69) is 0 Å². The molecule has 0 radical (unpaired) electrons. The van der Waals surface area contributed by atoms with Crippen molar-refractivity contribution < 1.29 is 19.0 Å². The average molecular weight is 309 g/mol. The standard InChI is InChI=1S/C17H24FNO3/c1-22-12-11-16(14-9-5-6-10-15(14)18)19(17(20)21)13-7-3-2-4-8-13/h5-6,9-10,13,16H,2-4,7-8,11-12H2,1H3,(H,20,21)/t16-/m0/s1. The largest absolute Gasteiger partial charge is 0.465 e. The van der Waals surface area contributed by atoms with E-state index in [-0.39, 0.29) is 11.9 Å². The van der Waals surface area contributed by atoms with Gasteiger partial charge in [0.2, 0.25) is 0 Å². The lowest BCUT2D eigenvalue weighted by atomic mass is 9.91. The first-order valence-corrected chi connectivity index (χ1v) is 7.89. The van der Waals surface area contributed by atoms with Crippen LogP contribution < -0.4 is 0 Å². The van der Waals surface area contributed by atoms with Gasteiger partial charge in [0, 0.05) is 25.3 Å². The monoisotopic (exact) mass is 309 g/mol. The fourth-order valence-electron chi connectivity index (χ4n) is 3.32. The van der Waals surface area contributed by atoms with Gasteiger partial charge in [-0.3, -0.25) is 4.90 Å². The Morgan fingerprint density at radius 1 is 1.36 bits per heavy atom. The van der Waals surface area contributed by atoms with Crippen molar-refractivity contribution in [2.45, 2.75) is 50.6 Å². The lowest BCUT2D eigenvalue weighted by molar-refractivity contribution is 0.0672. The Morgan fingerprint density at radius 2 is 2.05 bits per heavy atom. The molecule has 1 aliphatic carbocycles. The highest BCUT2D eigenvalue weighted by atomic mass is 19.1. The maximum atomic E-state index is 14.2. The molecule has 1 amide bonds. The van der Waals surface area contributed by atoms with Crippen LogP contribution in [0.4, 0.5) is 9.18 Å². The molecule has 0 aromatic heterocycles. The zero-order chi connectivity index (χ0) is 15.9. The maximum absolute atomic E-state index is 14.2. The molecule has 1 aliphatic rings. The molecule has 1 saturated carbocycles. The summed E-state index contributed by atoms with van der Waals surface area (Å²) in [5, 5.41) is 9.71. The van der Waals surface area contributed by atoms with Gasteiger partial charge in [0.05, 0.1) is 6.04 Å². The van der Waals surface area contributed by atoms with Gasteiger partial charge in [-0.1, -0.05) is 37.5 Å². The van der Waals surface area contributed by atoms with Gasteiger partial charge in [-0.05, 0) is 25.3 Å². The van der Waals surface area contributed by atoms with Gasteiger partial charge >= 0.3 is 6.09 Å². The zero-order valence-corrected chi connectivity index (χ0v) is 13.0. The van der Waals surface area contributed by atoms with E-state index in [1.165, 1.54) is 11.0 Å². The van der Waals surface area contributed by atoms with Crippen molar-refractivity contribution in [3.8, 4) is 0 Å². The van der Waals surface area contributed by atoms with E-state index in [9.17, 15) is 14.3 Å².